The smallest absolute Gasteiger partial charge is 0.328 e. The van der Waals surface area contributed by atoms with Crippen LogP contribution in [0.3, 0.4) is 0 Å². The molecule has 2 aromatic carbocycles. The number of carbonyl (C=O) groups is 1. The Labute approximate surface area is 144 Å². The molecule has 0 amide bonds. The molecule has 0 aliphatic rings. The predicted molar refractivity (Wildman–Crippen MR) is 87.4 cm³/mol. The van der Waals surface area contributed by atoms with Gasteiger partial charge in [0.05, 0.1) is 7.11 Å². The highest BCUT2D eigenvalue weighted by Gasteiger charge is 2.33. The van der Waals surface area contributed by atoms with Crippen LogP contribution in [0.2, 0.25) is 0 Å². The SMILES string of the molecule is COC(=O)C(NS(=O)(=O)c1c(F)cccc1F)c1c(C)cccc1C. The van der Waals surface area contributed by atoms with Crippen LogP contribution in [0.1, 0.15) is 22.7 Å². The summed E-state index contributed by atoms with van der Waals surface area (Å²) in [5.41, 5.74) is 1.63. The summed E-state index contributed by atoms with van der Waals surface area (Å²) < 4.78 is 59.5. The lowest BCUT2D eigenvalue weighted by Crippen LogP contribution is -2.36. The van der Waals surface area contributed by atoms with Crippen molar-refractivity contribution in [3.8, 4) is 0 Å². The van der Waals surface area contributed by atoms with E-state index in [9.17, 15) is 22.0 Å². The van der Waals surface area contributed by atoms with Crippen LogP contribution in [-0.4, -0.2) is 21.5 Å². The Morgan fingerprint density at radius 1 is 1.04 bits per heavy atom. The van der Waals surface area contributed by atoms with Crippen molar-refractivity contribution in [3.63, 3.8) is 0 Å². The minimum absolute atomic E-state index is 0.370. The van der Waals surface area contributed by atoms with Gasteiger partial charge < -0.3 is 4.74 Å². The van der Waals surface area contributed by atoms with E-state index in [1.807, 2.05) is 0 Å². The number of ether oxygens (including phenoxy) is 1. The van der Waals surface area contributed by atoms with Crippen LogP contribution < -0.4 is 4.72 Å². The average Bonchev–Trinajstić information content (AvgIpc) is 2.52. The van der Waals surface area contributed by atoms with Crippen LogP contribution in [-0.2, 0) is 19.6 Å². The first-order chi connectivity index (χ1) is 11.7. The zero-order valence-corrected chi connectivity index (χ0v) is 14.7. The number of esters is 1. The van der Waals surface area contributed by atoms with Crippen LogP contribution in [0.4, 0.5) is 8.78 Å². The van der Waals surface area contributed by atoms with E-state index < -0.39 is 38.6 Å². The molecule has 0 saturated carbocycles. The van der Waals surface area contributed by atoms with E-state index in [2.05, 4.69) is 9.46 Å². The summed E-state index contributed by atoms with van der Waals surface area (Å²) in [5.74, 6) is -3.40. The van der Waals surface area contributed by atoms with Crippen LogP contribution >= 0.6 is 0 Å². The Hall–Kier alpha value is -2.32. The predicted octanol–water partition coefficient (Wildman–Crippen LogP) is 2.77. The topological polar surface area (TPSA) is 72.5 Å². The molecular weight excluding hydrogens is 352 g/mol. The van der Waals surface area contributed by atoms with Gasteiger partial charge in [0, 0.05) is 0 Å². The second kappa shape index (κ2) is 7.28. The number of hydrogen-bond acceptors (Lipinski definition) is 4. The molecule has 0 aliphatic carbocycles. The number of carbonyl (C=O) groups excluding carboxylic acids is 1. The molecule has 0 bridgehead atoms. The van der Waals surface area contributed by atoms with Crippen molar-refractivity contribution >= 4 is 16.0 Å². The standard InChI is InChI=1S/C17H17F2NO4S/c1-10-6-4-7-11(2)14(10)15(17(21)24-3)20-25(22,23)16-12(18)8-5-9-13(16)19/h4-9,15,20H,1-3H3. The molecule has 134 valence electrons. The van der Waals surface area contributed by atoms with E-state index in [0.717, 1.165) is 25.3 Å². The first-order valence-corrected chi connectivity index (χ1v) is 8.77. The van der Waals surface area contributed by atoms with E-state index in [0.29, 0.717) is 16.7 Å². The van der Waals surface area contributed by atoms with Gasteiger partial charge in [-0.3, -0.25) is 0 Å². The maximum Gasteiger partial charge on any atom is 0.328 e. The van der Waals surface area contributed by atoms with Gasteiger partial charge in [0.15, 0.2) is 4.90 Å². The van der Waals surface area contributed by atoms with Crippen LogP contribution in [0.5, 0.6) is 0 Å². The summed E-state index contributed by atoms with van der Waals surface area (Å²) in [6.45, 7) is 3.38. The number of benzene rings is 2. The van der Waals surface area contributed by atoms with Crippen molar-refractivity contribution < 1.29 is 26.7 Å². The molecule has 0 fully saturated rings. The van der Waals surface area contributed by atoms with Crippen molar-refractivity contribution in [2.24, 2.45) is 0 Å². The molecule has 5 nitrogen and oxygen atoms in total. The van der Waals surface area contributed by atoms with Crippen LogP contribution in [0, 0.1) is 25.5 Å². The maximum atomic E-state index is 13.9. The number of aryl methyl sites for hydroxylation is 2. The van der Waals surface area contributed by atoms with Gasteiger partial charge in [-0.25, -0.2) is 22.0 Å². The van der Waals surface area contributed by atoms with Gasteiger partial charge in [0.2, 0.25) is 10.0 Å². The zero-order valence-electron chi connectivity index (χ0n) is 13.8. The summed E-state index contributed by atoms with van der Waals surface area (Å²) in [7, 11) is -3.56. The van der Waals surface area contributed by atoms with Gasteiger partial charge in [0.25, 0.3) is 0 Å². The molecule has 1 N–H and O–H groups in total. The highest BCUT2D eigenvalue weighted by molar-refractivity contribution is 7.89. The first kappa shape index (κ1) is 19.0. The molecule has 0 aliphatic heterocycles. The number of nitrogens with one attached hydrogen (secondary N) is 1. The first-order valence-electron chi connectivity index (χ1n) is 7.29. The minimum atomic E-state index is -4.66. The molecule has 1 unspecified atom stereocenters. The molecular formula is C17H17F2NO4S. The molecule has 0 heterocycles. The Bertz CT molecular complexity index is 872. The number of halogens is 2. The molecule has 1 atom stereocenters. The summed E-state index contributed by atoms with van der Waals surface area (Å²) in [5, 5.41) is 0. The van der Waals surface area contributed by atoms with Gasteiger partial charge in [0.1, 0.15) is 17.7 Å². The molecule has 8 heteroatoms. The van der Waals surface area contributed by atoms with Crippen molar-refractivity contribution in [2.45, 2.75) is 24.8 Å². The number of methoxy groups -OCH3 is 1. The lowest BCUT2D eigenvalue weighted by Gasteiger charge is -2.21. The third-order valence-corrected chi connectivity index (χ3v) is 5.20. The van der Waals surface area contributed by atoms with E-state index in [4.69, 9.17) is 0 Å². The second-order valence-electron chi connectivity index (χ2n) is 5.43. The monoisotopic (exact) mass is 369 g/mol. The van der Waals surface area contributed by atoms with E-state index in [-0.39, 0.29) is 0 Å². The van der Waals surface area contributed by atoms with Gasteiger partial charge in [-0.05, 0) is 42.7 Å². The van der Waals surface area contributed by atoms with Crippen molar-refractivity contribution in [1.29, 1.82) is 0 Å². The third kappa shape index (κ3) is 3.85. The highest BCUT2D eigenvalue weighted by atomic mass is 32.2. The lowest BCUT2D eigenvalue weighted by atomic mass is 9.97. The molecule has 0 saturated heterocycles. The van der Waals surface area contributed by atoms with E-state index in [1.54, 1.807) is 32.0 Å². The Kier molecular flexibility index (Phi) is 5.54. The maximum absolute atomic E-state index is 13.9. The number of rotatable bonds is 5. The fraction of sp³-hybridized carbons (Fsp3) is 0.235. The molecule has 2 aromatic rings. The van der Waals surface area contributed by atoms with E-state index in [1.165, 1.54) is 0 Å². The third-order valence-electron chi connectivity index (χ3n) is 3.73. The van der Waals surface area contributed by atoms with Gasteiger partial charge in [-0.1, -0.05) is 24.3 Å². The number of sulfonamides is 1. The fourth-order valence-corrected chi connectivity index (χ4v) is 3.87. The molecule has 0 aromatic heterocycles. The van der Waals surface area contributed by atoms with Crippen molar-refractivity contribution in [3.05, 3.63) is 64.7 Å². The van der Waals surface area contributed by atoms with Crippen molar-refractivity contribution in [1.82, 2.24) is 4.72 Å². The minimum Gasteiger partial charge on any atom is -0.468 e. The lowest BCUT2D eigenvalue weighted by molar-refractivity contribution is -0.142. The molecule has 25 heavy (non-hydrogen) atoms. The van der Waals surface area contributed by atoms with Crippen molar-refractivity contribution in [2.75, 3.05) is 7.11 Å². The fourth-order valence-electron chi connectivity index (χ4n) is 2.58. The zero-order chi connectivity index (χ0) is 18.8. The molecule has 0 radical (unpaired) electrons. The summed E-state index contributed by atoms with van der Waals surface area (Å²) in [6, 6.07) is 6.39. The van der Waals surface area contributed by atoms with Crippen LogP contribution in [0.25, 0.3) is 0 Å². The van der Waals surface area contributed by atoms with Gasteiger partial charge in [-0.15, -0.1) is 0 Å². The quantitative estimate of drug-likeness (QED) is 0.823. The van der Waals surface area contributed by atoms with Crippen LogP contribution in [0.15, 0.2) is 41.3 Å². The molecule has 2 rings (SSSR count). The highest BCUT2D eigenvalue weighted by Crippen LogP contribution is 2.26. The normalized spacial score (nSPS) is 12.7. The Morgan fingerprint density at radius 3 is 2.00 bits per heavy atom. The Balaban J connectivity index is 2.57. The molecule has 0 spiro atoms. The van der Waals surface area contributed by atoms with Gasteiger partial charge in [-0.2, -0.15) is 4.72 Å². The average molecular weight is 369 g/mol. The Morgan fingerprint density at radius 2 is 1.52 bits per heavy atom. The van der Waals surface area contributed by atoms with E-state index >= 15 is 0 Å². The number of hydrogen-bond donors (Lipinski definition) is 1. The largest absolute Gasteiger partial charge is 0.468 e. The van der Waals surface area contributed by atoms with Gasteiger partial charge >= 0.3 is 5.97 Å². The summed E-state index contributed by atoms with van der Waals surface area (Å²) in [6.07, 6.45) is 0. The second-order valence-corrected chi connectivity index (χ2v) is 7.08. The summed E-state index contributed by atoms with van der Waals surface area (Å²) in [4.78, 5) is 11.0. The summed E-state index contributed by atoms with van der Waals surface area (Å²) >= 11 is 0.